The normalized spacial score (nSPS) is 20.2. The van der Waals surface area contributed by atoms with Crippen molar-refractivity contribution in [2.75, 3.05) is 7.11 Å². The summed E-state index contributed by atoms with van der Waals surface area (Å²) in [6.45, 7) is 1.77. The summed E-state index contributed by atoms with van der Waals surface area (Å²) in [6, 6.07) is 4.95. The summed E-state index contributed by atoms with van der Waals surface area (Å²) in [6.07, 6.45) is 6.25. The summed E-state index contributed by atoms with van der Waals surface area (Å²) in [5.41, 5.74) is 7.97. The molecule has 106 valence electrons. The molecule has 3 heteroatoms. The van der Waals surface area contributed by atoms with E-state index in [-0.39, 0.29) is 18.0 Å². The van der Waals surface area contributed by atoms with Gasteiger partial charge in [-0.1, -0.05) is 31.4 Å². The number of halogens is 1. The van der Waals surface area contributed by atoms with Crippen LogP contribution in [0.25, 0.3) is 0 Å². The summed E-state index contributed by atoms with van der Waals surface area (Å²) in [5, 5.41) is 0. The topological polar surface area (TPSA) is 35.2 Å². The lowest BCUT2D eigenvalue weighted by molar-refractivity contribution is 0.0172. The zero-order valence-corrected chi connectivity index (χ0v) is 11.9. The fourth-order valence-electron chi connectivity index (χ4n) is 3.16. The second kappa shape index (κ2) is 6.49. The Kier molecular flexibility index (Phi) is 4.94. The molecule has 0 amide bonds. The molecule has 0 spiro atoms. The van der Waals surface area contributed by atoms with E-state index in [0.717, 1.165) is 5.56 Å². The molecule has 19 heavy (non-hydrogen) atoms. The zero-order valence-electron chi connectivity index (χ0n) is 11.9. The SMILES string of the molecule is COC(C1CCCCC1)C(N)c1ccc(F)c(C)c1. The Morgan fingerprint density at radius 2 is 1.95 bits per heavy atom. The molecule has 2 N–H and O–H groups in total. The highest BCUT2D eigenvalue weighted by molar-refractivity contribution is 5.27. The third-order valence-corrected chi connectivity index (χ3v) is 4.31. The monoisotopic (exact) mass is 265 g/mol. The molecule has 0 bridgehead atoms. The molecular weight excluding hydrogens is 241 g/mol. The molecule has 0 aromatic heterocycles. The van der Waals surface area contributed by atoms with E-state index in [9.17, 15) is 4.39 Å². The van der Waals surface area contributed by atoms with E-state index in [1.807, 2.05) is 6.07 Å². The molecule has 1 fully saturated rings. The molecule has 1 aliphatic rings. The Morgan fingerprint density at radius 3 is 2.53 bits per heavy atom. The van der Waals surface area contributed by atoms with E-state index in [1.165, 1.54) is 38.2 Å². The van der Waals surface area contributed by atoms with Crippen molar-refractivity contribution in [1.29, 1.82) is 0 Å². The highest BCUT2D eigenvalue weighted by Gasteiger charge is 2.29. The molecule has 0 saturated heterocycles. The van der Waals surface area contributed by atoms with Crippen LogP contribution in [0.5, 0.6) is 0 Å². The molecular formula is C16H24FNO. The molecule has 0 radical (unpaired) electrons. The lowest BCUT2D eigenvalue weighted by Gasteiger charge is -2.33. The summed E-state index contributed by atoms with van der Waals surface area (Å²) in [7, 11) is 1.73. The number of methoxy groups -OCH3 is 1. The van der Waals surface area contributed by atoms with E-state index in [4.69, 9.17) is 10.5 Å². The molecule has 2 unspecified atom stereocenters. The smallest absolute Gasteiger partial charge is 0.126 e. The number of nitrogens with two attached hydrogens (primary N) is 1. The number of aryl methyl sites for hydroxylation is 1. The Labute approximate surface area is 115 Å². The summed E-state index contributed by atoms with van der Waals surface area (Å²) < 4.78 is 19.0. The van der Waals surface area contributed by atoms with Gasteiger partial charge < -0.3 is 10.5 Å². The Bertz CT molecular complexity index is 415. The predicted octanol–water partition coefficient (Wildman–Crippen LogP) is 3.73. The molecule has 1 aromatic rings. The van der Waals surface area contributed by atoms with Gasteiger partial charge in [-0.25, -0.2) is 4.39 Å². The lowest BCUT2D eigenvalue weighted by atomic mass is 9.81. The first kappa shape index (κ1) is 14.5. The quantitative estimate of drug-likeness (QED) is 0.900. The first-order chi connectivity index (χ1) is 9.13. The number of benzene rings is 1. The van der Waals surface area contributed by atoms with Crippen LogP contribution >= 0.6 is 0 Å². The van der Waals surface area contributed by atoms with E-state index in [2.05, 4.69) is 0 Å². The zero-order chi connectivity index (χ0) is 13.8. The van der Waals surface area contributed by atoms with Crippen molar-refractivity contribution in [3.05, 3.63) is 35.1 Å². The molecule has 0 heterocycles. The van der Waals surface area contributed by atoms with Gasteiger partial charge in [0.15, 0.2) is 0 Å². The van der Waals surface area contributed by atoms with Gasteiger partial charge in [0.25, 0.3) is 0 Å². The van der Waals surface area contributed by atoms with Gasteiger partial charge >= 0.3 is 0 Å². The molecule has 2 atom stereocenters. The Morgan fingerprint density at radius 1 is 1.26 bits per heavy atom. The molecule has 1 saturated carbocycles. The van der Waals surface area contributed by atoms with Crippen molar-refractivity contribution in [1.82, 2.24) is 0 Å². The van der Waals surface area contributed by atoms with Crippen LogP contribution < -0.4 is 5.73 Å². The predicted molar refractivity (Wildman–Crippen MR) is 75.4 cm³/mol. The maximum atomic E-state index is 13.3. The summed E-state index contributed by atoms with van der Waals surface area (Å²) >= 11 is 0. The van der Waals surface area contributed by atoms with Crippen molar-refractivity contribution in [2.24, 2.45) is 11.7 Å². The number of hydrogen-bond acceptors (Lipinski definition) is 2. The van der Waals surface area contributed by atoms with Gasteiger partial charge in [0, 0.05) is 7.11 Å². The van der Waals surface area contributed by atoms with Crippen molar-refractivity contribution in [3.8, 4) is 0 Å². The van der Waals surface area contributed by atoms with Gasteiger partial charge in [-0.3, -0.25) is 0 Å². The van der Waals surface area contributed by atoms with Crippen molar-refractivity contribution in [3.63, 3.8) is 0 Å². The number of hydrogen-bond donors (Lipinski definition) is 1. The van der Waals surface area contributed by atoms with E-state index >= 15 is 0 Å². The molecule has 2 nitrogen and oxygen atoms in total. The fourth-order valence-corrected chi connectivity index (χ4v) is 3.16. The largest absolute Gasteiger partial charge is 0.379 e. The van der Waals surface area contributed by atoms with E-state index < -0.39 is 0 Å². The van der Waals surface area contributed by atoms with Crippen LogP contribution in [0.4, 0.5) is 4.39 Å². The van der Waals surface area contributed by atoms with Gasteiger partial charge in [-0.15, -0.1) is 0 Å². The standard InChI is InChI=1S/C16H24FNO/c1-11-10-13(8-9-14(11)17)15(18)16(19-2)12-6-4-3-5-7-12/h8-10,12,15-16H,3-7,18H2,1-2H3. The first-order valence-corrected chi connectivity index (χ1v) is 7.18. The van der Waals surface area contributed by atoms with E-state index in [0.29, 0.717) is 11.5 Å². The van der Waals surface area contributed by atoms with Crippen LogP contribution in [0.1, 0.15) is 49.3 Å². The fraction of sp³-hybridized carbons (Fsp3) is 0.625. The van der Waals surface area contributed by atoms with Crippen LogP contribution in [0, 0.1) is 18.7 Å². The Hall–Kier alpha value is -0.930. The second-order valence-electron chi connectivity index (χ2n) is 5.63. The maximum Gasteiger partial charge on any atom is 0.126 e. The van der Waals surface area contributed by atoms with Crippen molar-refractivity contribution >= 4 is 0 Å². The minimum Gasteiger partial charge on any atom is -0.379 e. The minimum absolute atomic E-state index is 0.0326. The van der Waals surface area contributed by atoms with E-state index in [1.54, 1.807) is 20.1 Å². The highest BCUT2D eigenvalue weighted by atomic mass is 19.1. The van der Waals surface area contributed by atoms with Crippen molar-refractivity contribution in [2.45, 2.75) is 51.2 Å². The lowest BCUT2D eigenvalue weighted by Crippen LogP contribution is -2.36. The number of rotatable bonds is 4. The minimum atomic E-state index is -0.178. The van der Waals surface area contributed by atoms with Crippen LogP contribution in [0.3, 0.4) is 0 Å². The first-order valence-electron chi connectivity index (χ1n) is 7.18. The summed E-state index contributed by atoms with van der Waals surface area (Å²) in [4.78, 5) is 0. The molecule has 2 rings (SSSR count). The average molecular weight is 265 g/mol. The average Bonchev–Trinajstić information content (AvgIpc) is 2.44. The molecule has 1 aromatic carbocycles. The van der Waals surface area contributed by atoms with Gasteiger partial charge in [0.05, 0.1) is 12.1 Å². The van der Waals surface area contributed by atoms with Gasteiger partial charge in [0.1, 0.15) is 5.82 Å². The van der Waals surface area contributed by atoms with Crippen LogP contribution in [-0.4, -0.2) is 13.2 Å². The van der Waals surface area contributed by atoms with Gasteiger partial charge in [0.2, 0.25) is 0 Å². The number of ether oxygens (including phenoxy) is 1. The Balaban J connectivity index is 2.14. The third-order valence-electron chi connectivity index (χ3n) is 4.31. The highest BCUT2D eigenvalue weighted by Crippen LogP contribution is 2.33. The maximum absolute atomic E-state index is 13.3. The van der Waals surface area contributed by atoms with Gasteiger partial charge in [-0.05, 0) is 42.9 Å². The van der Waals surface area contributed by atoms with Crippen LogP contribution in [0.2, 0.25) is 0 Å². The third kappa shape index (κ3) is 3.34. The van der Waals surface area contributed by atoms with Crippen LogP contribution in [0.15, 0.2) is 18.2 Å². The van der Waals surface area contributed by atoms with Gasteiger partial charge in [-0.2, -0.15) is 0 Å². The van der Waals surface area contributed by atoms with Crippen molar-refractivity contribution < 1.29 is 9.13 Å². The summed E-state index contributed by atoms with van der Waals surface area (Å²) in [5.74, 6) is 0.349. The van der Waals surface area contributed by atoms with Crippen LogP contribution in [-0.2, 0) is 4.74 Å². The molecule has 1 aliphatic carbocycles. The second-order valence-corrected chi connectivity index (χ2v) is 5.63. The molecule has 0 aliphatic heterocycles.